The molecular weight excluding hydrogens is 178 g/mol. The van der Waals surface area contributed by atoms with Crippen molar-refractivity contribution in [2.45, 2.75) is 6.92 Å². The SMILES string of the molecule is Cc1ccc2[nH]c(=O)cc(NN)c2c1. The number of hydrogen-bond donors (Lipinski definition) is 3. The summed E-state index contributed by atoms with van der Waals surface area (Å²) in [7, 11) is 0. The second-order valence-electron chi connectivity index (χ2n) is 3.24. The Bertz CT molecular complexity index is 530. The molecule has 0 amide bonds. The van der Waals surface area contributed by atoms with E-state index in [4.69, 9.17) is 5.84 Å². The van der Waals surface area contributed by atoms with Crippen molar-refractivity contribution in [2.75, 3.05) is 5.43 Å². The maximum atomic E-state index is 11.2. The molecular formula is C10H11N3O. The van der Waals surface area contributed by atoms with E-state index in [1.165, 1.54) is 6.07 Å². The molecule has 2 aromatic rings. The van der Waals surface area contributed by atoms with Crippen LogP contribution in [0.1, 0.15) is 5.56 Å². The summed E-state index contributed by atoms with van der Waals surface area (Å²) in [5.74, 6) is 5.33. The Hall–Kier alpha value is -1.81. The molecule has 0 saturated carbocycles. The van der Waals surface area contributed by atoms with Gasteiger partial charge in [0.25, 0.3) is 5.56 Å². The zero-order valence-electron chi connectivity index (χ0n) is 7.79. The molecule has 0 spiro atoms. The third-order valence-electron chi connectivity index (χ3n) is 2.15. The van der Waals surface area contributed by atoms with E-state index in [9.17, 15) is 4.79 Å². The van der Waals surface area contributed by atoms with Gasteiger partial charge in [-0.1, -0.05) is 11.6 Å². The molecule has 4 N–H and O–H groups in total. The number of nitrogens with one attached hydrogen (secondary N) is 2. The molecule has 1 aromatic heterocycles. The summed E-state index contributed by atoms with van der Waals surface area (Å²) in [6.07, 6.45) is 0. The molecule has 72 valence electrons. The predicted octanol–water partition coefficient (Wildman–Crippen LogP) is 1.12. The van der Waals surface area contributed by atoms with Gasteiger partial charge in [-0.05, 0) is 19.1 Å². The zero-order chi connectivity index (χ0) is 10.1. The van der Waals surface area contributed by atoms with Crippen molar-refractivity contribution >= 4 is 16.6 Å². The number of hydrazine groups is 1. The molecule has 2 rings (SSSR count). The molecule has 1 heterocycles. The number of aryl methyl sites for hydroxylation is 1. The van der Waals surface area contributed by atoms with Crippen LogP contribution in [-0.4, -0.2) is 4.98 Å². The normalized spacial score (nSPS) is 10.4. The monoisotopic (exact) mass is 189 g/mol. The van der Waals surface area contributed by atoms with Crippen molar-refractivity contribution < 1.29 is 0 Å². The number of hydrogen-bond acceptors (Lipinski definition) is 3. The second kappa shape index (κ2) is 3.16. The van der Waals surface area contributed by atoms with Gasteiger partial charge in [0.05, 0.1) is 11.2 Å². The summed E-state index contributed by atoms with van der Waals surface area (Å²) in [6.45, 7) is 1.99. The lowest BCUT2D eigenvalue weighted by molar-refractivity contribution is 1.27. The number of H-pyrrole nitrogens is 1. The van der Waals surface area contributed by atoms with Gasteiger partial charge < -0.3 is 10.4 Å². The first-order valence-corrected chi connectivity index (χ1v) is 4.31. The summed E-state index contributed by atoms with van der Waals surface area (Å²) in [5, 5.41) is 0.923. The third-order valence-corrected chi connectivity index (χ3v) is 2.15. The van der Waals surface area contributed by atoms with E-state index in [0.29, 0.717) is 5.69 Å². The van der Waals surface area contributed by atoms with E-state index in [-0.39, 0.29) is 5.56 Å². The Labute approximate surface area is 80.7 Å². The van der Waals surface area contributed by atoms with Gasteiger partial charge in [-0.3, -0.25) is 10.6 Å². The summed E-state index contributed by atoms with van der Waals surface area (Å²) in [4.78, 5) is 13.9. The third kappa shape index (κ3) is 1.36. The van der Waals surface area contributed by atoms with Gasteiger partial charge in [0, 0.05) is 11.5 Å². The second-order valence-corrected chi connectivity index (χ2v) is 3.24. The van der Waals surface area contributed by atoms with Crippen molar-refractivity contribution in [3.8, 4) is 0 Å². The van der Waals surface area contributed by atoms with Crippen LogP contribution < -0.4 is 16.8 Å². The van der Waals surface area contributed by atoms with Crippen LogP contribution in [0.5, 0.6) is 0 Å². The topological polar surface area (TPSA) is 70.9 Å². The highest BCUT2D eigenvalue weighted by atomic mass is 16.1. The van der Waals surface area contributed by atoms with Gasteiger partial charge in [-0.25, -0.2) is 0 Å². The minimum Gasteiger partial charge on any atom is -0.323 e. The first kappa shape index (κ1) is 8.77. The molecule has 0 aliphatic rings. The minimum absolute atomic E-state index is 0.158. The fourth-order valence-corrected chi connectivity index (χ4v) is 1.49. The van der Waals surface area contributed by atoms with Gasteiger partial charge in [0.15, 0.2) is 0 Å². The van der Waals surface area contributed by atoms with E-state index < -0.39 is 0 Å². The highest BCUT2D eigenvalue weighted by Crippen LogP contribution is 2.19. The van der Waals surface area contributed by atoms with Gasteiger partial charge >= 0.3 is 0 Å². The van der Waals surface area contributed by atoms with Crippen LogP contribution in [0.2, 0.25) is 0 Å². The molecule has 0 bridgehead atoms. The molecule has 0 unspecified atom stereocenters. The first-order chi connectivity index (χ1) is 6.70. The number of nitrogen functional groups attached to an aromatic ring is 1. The fraction of sp³-hybridized carbons (Fsp3) is 0.100. The van der Waals surface area contributed by atoms with Crippen LogP contribution in [0.3, 0.4) is 0 Å². The van der Waals surface area contributed by atoms with Crippen LogP contribution in [0, 0.1) is 6.92 Å². The lowest BCUT2D eigenvalue weighted by Crippen LogP contribution is -2.12. The lowest BCUT2D eigenvalue weighted by atomic mass is 10.1. The van der Waals surface area contributed by atoms with Crippen LogP contribution >= 0.6 is 0 Å². The van der Waals surface area contributed by atoms with Crippen LogP contribution in [-0.2, 0) is 0 Å². The number of fused-ring (bicyclic) bond motifs is 1. The maximum absolute atomic E-state index is 11.2. The first-order valence-electron chi connectivity index (χ1n) is 4.31. The van der Waals surface area contributed by atoms with Crippen LogP contribution in [0.4, 0.5) is 5.69 Å². The van der Waals surface area contributed by atoms with Gasteiger partial charge in [0.1, 0.15) is 0 Å². The van der Waals surface area contributed by atoms with Crippen molar-refractivity contribution in [3.63, 3.8) is 0 Å². The average Bonchev–Trinajstić information content (AvgIpc) is 2.17. The van der Waals surface area contributed by atoms with E-state index in [0.717, 1.165) is 16.5 Å². The molecule has 0 aliphatic heterocycles. The van der Waals surface area contributed by atoms with Crippen LogP contribution in [0.25, 0.3) is 10.9 Å². The van der Waals surface area contributed by atoms with Crippen molar-refractivity contribution in [1.29, 1.82) is 0 Å². The molecule has 4 heteroatoms. The predicted molar refractivity (Wildman–Crippen MR) is 57.1 cm³/mol. The van der Waals surface area contributed by atoms with Crippen molar-refractivity contribution in [1.82, 2.24) is 4.98 Å². The number of rotatable bonds is 1. The van der Waals surface area contributed by atoms with Gasteiger partial charge in [0.2, 0.25) is 0 Å². The van der Waals surface area contributed by atoms with Crippen molar-refractivity contribution in [3.05, 3.63) is 40.2 Å². The Morgan fingerprint density at radius 3 is 2.86 bits per heavy atom. The smallest absolute Gasteiger partial charge is 0.250 e. The number of aromatic nitrogens is 1. The fourth-order valence-electron chi connectivity index (χ4n) is 1.49. The van der Waals surface area contributed by atoms with Gasteiger partial charge in [-0.15, -0.1) is 0 Å². The molecule has 14 heavy (non-hydrogen) atoms. The number of benzene rings is 1. The highest BCUT2D eigenvalue weighted by molar-refractivity contribution is 5.91. The Kier molecular flexibility index (Phi) is 1.98. The number of pyridine rings is 1. The van der Waals surface area contributed by atoms with E-state index in [2.05, 4.69) is 10.4 Å². The molecule has 4 nitrogen and oxygen atoms in total. The molecule has 0 saturated heterocycles. The zero-order valence-corrected chi connectivity index (χ0v) is 7.79. The van der Waals surface area contributed by atoms with E-state index >= 15 is 0 Å². The standard InChI is InChI=1S/C10H11N3O/c1-6-2-3-8-7(4-6)9(13-11)5-10(14)12-8/h2-5H,11H2,1H3,(H2,12,13,14). The quantitative estimate of drug-likeness (QED) is 0.465. The minimum atomic E-state index is -0.158. The molecule has 0 radical (unpaired) electrons. The Morgan fingerprint density at radius 1 is 1.36 bits per heavy atom. The Morgan fingerprint density at radius 2 is 2.14 bits per heavy atom. The molecule has 0 atom stereocenters. The van der Waals surface area contributed by atoms with E-state index in [1.807, 2.05) is 25.1 Å². The maximum Gasteiger partial charge on any atom is 0.250 e. The number of aromatic amines is 1. The van der Waals surface area contributed by atoms with Gasteiger partial charge in [-0.2, -0.15) is 0 Å². The summed E-state index contributed by atoms with van der Waals surface area (Å²) >= 11 is 0. The Balaban J connectivity index is 2.88. The number of anilines is 1. The van der Waals surface area contributed by atoms with Crippen molar-refractivity contribution in [2.24, 2.45) is 5.84 Å². The average molecular weight is 189 g/mol. The highest BCUT2D eigenvalue weighted by Gasteiger charge is 2.01. The lowest BCUT2D eigenvalue weighted by Gasteiger charge is -2.05. The molecule has 1 aromatic carbocycles. The summed E-state index contributed by atoms with van der Waals surface area (Å²) < 4.78 is 0. The molecule has 0 aliphatic carbocycles. The largest absolute Gasteiger partial charge is 0.323 e. The summed E-state index contributed by atoms with van der Waals surface area (Å²) in [6, 6.07) is 7.23. The number of nitrogens with two attached hydrogens (primary N) is 1. The molecule has 0 fully saturated rings. The summed E-state index contributed by atoms with van der Waals surface area (Å²) in [5.41, 5.74) is 4.92. The van der Waals surface area contributed by atoms with Crippen LogP contribution in [0.15, 0.2) is 29.1 Å². The van der Waals surface area contributed by atoms with E-state index in [1.54, 1.807) is 0 Å².